The second-order valence-corrected chi connectivity index (χ2v) is 5.54. The summed E-state index contributed by atoms with van der Waals surface area (Å²) >= 11 is 0. The molecule has 1 aliphatic heterocycles. The van der Waals surface area contributed by atoms with Crippen LogP contribution in [0, 0.1) is 6.92 Å². The third-order valence-electron chi connectivity index (χ3n) is 3.84. The normalized spacial score (nSPS) is 16.1. The number of nitrogens with zero attached hydrogens (tertiary/aromatic N) is 3. The van der Waals surface area contributed by atoms with Crippen molar-refractivity contribution in [3.63, 3.8) is 0 Å². The summed E-state index contributed by atoms with van der Waals surface area (Å²) in [5.41, 5.74) is 0. The molecule has 1 atom stereocenters. The molecule has 0 unspecified atom stereocenters. The second-order valence-electron chi connectivity index (χ2n) is 5.54. The highest BCUT2D eigenvalue weighted by Crippen LogP contribution is 2.19. The zero-order valence-corrected chi connectivity index (χ0v) is 12.4. The molecule has 2 aromatic heterocycles. The smallest absolute Gasteiger partial charge is 0.287 e. The topological polar surface area (TPSA) is 73.0 Å². The molecule has 112 valence electrons. The van der Waals surface area contributed by atoms with Crippen LogP contribution in [0.4, 0.5) is 0 Å². The van der Waals surface area contributed by atoms with Gasteiger partial charge < -0.3 is 14.3 Å². The minimum atomic E-state index is -0.221. The molecule has 1 aliphatic rings. The molecule has 2 aromatic rings. The fraction of sp³-hybridized carbons (Fsp3) is 0.533. The molecule has 6 heteroatoms. The molecule has 21 heavy (non-hydrogen) atoms. The lowest BCUT2D eigenvalue weighted by Crippen LogP contribution is -2.28. The summed E-state index contributed by atoms with van der Waals surface area (Å²) in [6.45, 7) is 4.67. The Morgan fingerprint density at radius 3 is 2.95 bits per heavy atom. The predicted molar refractivity (Wildman–Crippen MR) is 76.9 cm³/mol. The van der Waals surface area contributed by atoms with Gasteiger partial charge in [0, 0.05) is 13.0 Å². The van der Waals surface area contributed by atoms with Crippen molar-refractivity contribution in [3.8, 4) is 0 Å². The number of carbonyl (C=O) groups excluding carboxylic acids is 1. The van der Waals surface area contributed by atoms with Crippen molar-refractivity contribution in [1.29, 1.82) is 0 Å². The zero-order valence-electron chi connectivity index (χ0n) is 12.4. The third-order valence-corrected chi connectivity index (χ3v) is 3.84. The second kappa shape index (κ2) is 5.71. The van der Waals surface area contributed by atoms with Gasteiger partial charge in [-0.1, -0.05) is 6.42 Å². The molecule has 6 nitrogen and oxygen atoms in total. The third kappa shape index (κ3) is 2.84. The Morgan fingerprint density at radius 2 is 2.19 bits per heavy atom. The lowest BCUT2D eigenvalue weighted by molar-refractivity contribution is 0.0908. The first-order valence-corrected chi connectivity index (χ1v) is 7.44. The van der Waals surface area contributed by atoms with Crippen molar-refractivity contribution in [1.82, 2.24) is 20.1 Å². The molecule has 0 aromatic carbocycles. The number of furan rings is 1. The summed E-state index contributed by atoms with van der Waals surface area (Å²) in [6, 6.07) is 3.27. The van der Waals surface area contributed by atoms with E-state index in [1.54, 1.807) is 12.1 Å². The van der Waals surface area contributed by atoms with E-state index in [2.05, 4.69) is 20.1 Å². The molecule has 0 bridgehead atoms. The van der Waals surface area contributed by atoms with Crippen LogP contribution in [0.2, 0.25) is 0 Å². The van der Waals surface area contributed by atoms with Gasteiger partial charge in [-0.2, -0.15) is 0 Å². The summed E-state index contributed by atoms with van der Waals surface area (Å²) in [4.78, 5) is 12.1. The van der Waals surface area contributed by atoms with Gasteiger partial charge in [0.2, 0.25) is 0 Å². The fourth-order valence-electron chi connectivity index (χ4n) is 2.72. The van der Waals surface area contributed by atoms with Gasteiger partial charge in [-0.3, -0.25) is 4.79 Å². The van der Waals surface area contributed by atoms with E-state index in [0.29, 0.717) is 5.76 Å². The van der Waals surface area contributed by atoms with E-state index in [0.717, 1.165) is 43.2 Å². The first-order valence-electron chi connectivity index (χ1n) is 7.44. The van der Waals surface area contributed by atoms with Gasteiger partial charge in [-0.05, 0) is 38.8 Å². The number of aryl methyl sites for hydroxylation is 2. The van der Waals surface area contributed by atoms with Crippen molar-refractivity contribution in [2.24, 2.45) is 0 Å². The number of carbonyl (C=O) groups is 1. The lowest BCUT2D eigenvalue weighted by atomic mass is 10.2. The van der Waals surface area contributed by atoms with E-state index in [-0.39, 0.29) is 11.9 Å². The summed E-state index contributed by atoms with van der Waals surface area (Å²) in [5.74, 6) is 2.68. The molecular formula is C15H20N4O2. The molecule has 0 radical (unpaired) electrons. The van der Waals surface area contributed by atoms with Crippen LogP contribution in [-0.2, 0) is 13.0 Å². The van der Waals surface area contributed by atoms with Gasteiger partial charge in [-0.25, -0.2) is 0 Å². The molecule has 0 aliphatic carbocycles. The van der Waals surface area contributed by atoms with Gasteiger partial charge in [0.25, 0.3) is 5.91 Å². The van der Waals surface area contributed by atoms with Crippen LogP contribution in [0.25, 0.3) is 0 Å². The van der Waals surface area contributed by atoms with Crippen LogP contribution in [0.3, 0.4) is 0 Å². The molecule has 3 heterocycles. The molecule has 3 rings (SSSR count). The number of hydrogen-bond acceptors (Lipinski definition) is 4. The average Bonchev–Trinajstić information content (AvgIpc) is 2.99. The van der Waals surface area contributed by atoms with E-state index in [1.165, 1.54) is 6.42 Å². The number of aromatic nitrogens is 3. The van der Waals surface area contributed by atoms with Crippen molar-refractivity contribution in [2.75, 3.05) is 0 Å². The molecule has 1 N–H and O–H groups in total. The first-order chi connectivity index (χ1) is 10.1. The van der Waals surface area contributed by atoms with Crippen molar-refractivity contribution in [3.05, 3.63) is 35.3 Å². The van der Waals surface area contributed by atoms with E-state index < -0.39 is 0 Å². The van der Waals surface area contributed by atoms with Crippen LogP contribution < -0.4 is 5.32 Å². The largest absolute Gasteiger partial charge is 0.456 e. The fourth-order valence-corrected chi connectivity index (χ4v) is 2.72. The van der Waals surface area contributed by atoms with Crippen molar-refractivity contribution in [2.45, 2.75) is 52.1 Å². The monoisotopic (exact) mass is 288 g/mol. The molecule has 0 spiro atoms. The highest BCUT2D eigenvalue weighted by molar-refractivity contribution is 5.91. The van der Waals surface area contributed by atoms with Gasteiger partial charge in [-0.15, -0.1) is 10.2 Å². The zero-order chi connectivity index (χ0) is 14.8. The Labute approximate surface area is 123 Å². The average molecular weight is 288 g/mol. The van der Waals surface area contributed by atoms with Gasteiger partial charge in [0.15, 0.2) is 11.6 Å². The highest BCUT2D eigenvalue weighted by Gasteiger charge is 2.21. The number of rotatable bonds is 3. The number of fused-ring (bicyclic) bond motifs is 1. The predicted octanol–water partition coefficient (Wildman–Crippen LogP) is 2.40. The Morgan fingerprint density at radius 1 is 1.33 bits per heavy atom. The summed E-state index contributed by atoms with van der Waals surface area (Å²) < 4.78 is 7.49. The van der Waals surface area contributed by atoms with Crippen LogP contribution in [0.5, 0.6) is 0 Å². The summed E-state index contributed by atoms with van der Waals surface area (Å²) in [7, 11) is 0. The number of amides is 1. The minimum Gasteiger partial charge on any atom is -0.456 e. The van der Waals surface area contributed by atoms with E-state index in [1.807, 2.05) is 13.8 Å². The van der Waals surface area contributed by atoms with Crippen molar-refractivity contribution >= 4 is 5.91 Å². The maximum Gasteiger partial charge on any atom is 0.287 e. The number of hydrogen-bond donors (Lipinski definition) is 1. The SMILES string of the molecule is Cc1ccc(C(=O)N[C@H](C)c2nnc3n2CCCCC3)o1. The van der Waals surface area contributed by atoms with Crippen LogP contribution >= 0.6 is 0 Å². The quantitative estimate of drug-likeness (QED) is 0.941. The van der Waals surface area contributed by atoms with Gasteiger partial charge >= 0.3 is 0 Å². The molecule has 0 saturated carbocycles. The lowest BCUT2D eigenvalue weighted by Gasteiger charge is -2.14. The maximum atomic E-state index is 12.1. The van der Waals surface area contributed by atoms with Crippen molar-refractivity contribution < 1.29 is 9.21 Å². The standard InChI is InChI=1S/C15H20N4O2/c1-10-7-8-12(21-10)15(20)16-11(2)14-18-17-13-6-4-3-5-9-19(13)14/h7-8,11H,3-6,9H2,1-2H3,(H,16,20)/t11-/m1/s1. The van der Waals surface area contributed by atoms with Crippen LogP contribution in [0.1, 0.15) is 60.2 Å². The Bertz CT molecular complexity index is 644. The molecule has 0 fully saturated rings. The Hall–Kier alpha value is -2.11. The van der Waals surface area contributed by atoms with E-state index in [4.69, 9.17) is 4.42 Å². The molecule has 1 amide bonds. The van der Waals surface area contributed by atoms with Crippen LogP contribution in [-0.4, -0.2) is 20.7 Å². The summed E-state index contributed by atoms with van der Waals surface area (Å²) in [5, 5.41) is 11.4. The Balaban J connectivity index is 1.75. The van der Waals surface area contributed by atoms with Gasteiger partial charge in [0.05, 0.1) is 6.04 Å². The highest BCUT2D eigenvalue weighted by atomic mass is 16.3. The molecule has 0 saturated heterocycles. The maximum absolute atomic E-state index is 12.1. The molecular weight excluding hydrogens is 268 g/mol. The van der Waals surface area contributed by atoms with Crippen LogP contribution in [0.15, 0.2) is 16.5 Å². The number of nitrogens with one attached hydrogen (secondary N) is 1. The summed E-state index contributed by atoms with van der Waals surface area (Å²) in [6.07, 6.45) is 4.47. The van der Waals surface area contributed by atoms with Gasteiger partial charge in [0.1, 0.15) is 11.6 Å². The van der Waals surface area contributed by atoms with E-state index >= 15 is 0 Å². The minimum absolute atomic E-state index is 0.192. The first kappa shape index (κ1) is 13.9. The Kier molecular flexibility index (Phi) is 3.77. The van der Waals surface area contributed by atoms with E-state index in [9.17, 15) is 4.79 Å².